The molecule has 1 rings (SSSR count). The number of nitrogens with zero attached hydrogens (tertiary/aromatic N) is 1. The van der Waals surface area contributed by atoms with Crippen LogP contribution < -0.4 is 5.43 Å². The number of rotatable bonds is 5. The van der Waals surface area contributed by atoms with E-state index in [2.05, 4.69) is 15.3 Å². The summed E-state index contributed by atoms with van der Waals surface area (Å²) in [6.07, 6.45) is -5.76. The van der Waals surface area contributed by atoms with E-state index in [4.69, 9.17) is 23.2 Å². The lowest BCUT2D eigenvalue weighted by atomic mass is 10.2. The third-order valence-electron chi connectivity index (χ3n) is 2.19. The van der Waals surface area contributed by atoms with Crippen molar-refractivity contribution in [2.75, 3.05) is 12.0 Å². The first kappa shape index (κ1) is 17.6. The Balaban J connectivity index is 2.90. The van der Waals surface area contributed by atoms with Crippen molar-refractivity contribution >= 4 is 40.6 Å². The summed E-state index contributed by atoms with van der Waals surface area (Å²) in [6, 6.07) is 4.15. The van der Waals surface area contributed by atoms with E-state index in [0.717, 1.165) is 0 Å². The monoisotopic (exact) mass is 342 g/mol. The lowest BCUT2D eigenvalue weighted by molar-refractivity contribution is -0.142. The number of esters is 1. The van der Waals surface area contributed by atoms with E-state index in [1.165, 1.54) is 25.1 Å². The minimum absolute atomic E-state index is 0.0135. The third-order valence-corrected chi connectivity index (χ3v) is 2.73. The van der Waals surface area contributed by atoms with Gasteiger partial charge in [0.1, 0.15) is 0 Å². The molecule has 1 aromatic rings. The largest absolute Gasteiger partial charge is 0.466 e. The molecule has 0 unspecified atom stereocenters. The van der Waals surface area contributed by atoms with Crippen molar-refractivity contribution in [3.05, 3.63) is 28.2 Å². The Hall–Kier alpha value is -1.47. The standard InChI is InChI=1S/C12H11Cl2F3N2O2/c1-2-21-11(20)6-10(12(15,16)17)19-18-9-4-3-7(13)5-8(9)14/h3-5,18H,2,6H2,1H3/b19-10+. The molecule has 1 aromatic carbocycles. The van der Waals surface area contributed by atoms with E-state index in [-0.39, 0.29) is 17.3 Å². The summed E-state index contributed by atoms with van der Waals surface area (Å²) in [6.45, 7) is 1.48. The van der Waals surface area contributed by atoms with Crippen LogP contribution in [0.4, 0.5) is 18.9 Å². The van der Waals surface area contributed by atoms with Crippen molar-refractivity contribution < 1.29 is 22.7 Å². The van der Waals surface area contributed by atoms with Crippen LogP contribution >= 0.6 is 23.2 Å². The van der Waals surface area contributed by atoms with Crippen molar-refractivity contribution in [1.29, 1.82) is 0 Å². The van der Waals surface area contributed by atoms with Gasteiger partial charge in [-0.2, -0.15) is 18.3 Å². The fraction of sp³-hybridized carbons (Fsp3) is 0.333. The average Bonchev–Trinajstić information content (AvgIpc) is 2.35. The molecule has 0 aliphatic heterocycles. The summed E-state index contributed by atoms with van der Waals surface area (Å²) in [5, 5.41) is 3.62. The Morgan fingerprint density at radius 3 is 2.57 bits per heavy atom. The van der Waals surface area contributed by atoms with Crippen LogP contribution in [-0.4, -0.2) is 24.5 Å². The van der Waals surface area contributed by atoms with Gasteiger partial charge >= 0.3 is 12.1 Å². The van der Waals surface area contributed by atoms with Gasteiger partial charge in [0, 0.05) is 5.02 Å². The highest BCUT2D eigenvalue weighted by Crippen LogP contribution is 2.26. The first-order chi connectivity index (χ1) is 9.74. The maximum atomic E-state index is 12.8. The molecule has 0 saturated carbocycles. The van der Waals surface area contributed by atoms with Gasteiger partial charge in [-0.25, -0.2) is 0 Å². The molecule has 116 valence electrons. The van der Waals surface area contributed by atoms with E-state index in [9.17, 15) is 18.0 Å². The van der Waals surface area contributed by atoms with Crippen molar-refractivity contribution in [3.8, 4) is 0 Å². The quantitative estimate of drug-likeness (QED) is 0.493. The van der Waals surface area contributed by atoms with E-state index in [0.29, 0.717) is 5.02 Å². The molecule has 0 bridgehead atoms. The lowest BCUT2D eigenvalue weighted by Gasteiger charge is -2.11. The third kappa shape index (κ3) is 5.81. The fourth-order valence-corrected chi connectivity index (χ4v) is 1.71. The lowest BCUT2D eigenvalue weighted by Crippen LogP contribution is -2.27. The topological polar surface area (TPSA) is 50.7 Å². The molecule has 0 aliphatic carbocycles. The van der Waals surface area contributed by atoms with Gasteiger partial charge in [-0.1, -0.05) is 23.2 Å². The second-order valence-electron chi connectivity index (χ2n) is 3.77. The van der Waals surface area contributed by atoms with Crippen molar-refractivity contribution in [1.82, 2.24) is 0 Å². The number of carbonyl (C=O) groups is 1. The molecule has 0 heterocycles. The summed E-state index contributed by atoms with van der Waals surface area (Å²) in [5.74, 6) is -1.02. The van der Waals surface area contributed by atoms with Gasteiger partial charge in [-0.3, -0.25) is 10.2 Å². The highest BCUT2D eigenvalue weighted by atomic mass is 35.5. The van der Waals surface area contributed by atoms with E-state index >= 15 is 0 Å². The predicted octanol–water partition coefficient (Wildman–Crippen LogP) is 4.28. The zero-order valence-electron chi connectivity index (χ0n) is 10.8. The number of alkyl halides is 3. The number of hydrazone groups is 1. The van der Waals surface area contributed by atoms with Crippen LogP contribution in [0.3, 0.4) is 0 Å². The van der Waals surface area contributed by atoms with Crippen LogP contribution in [0.15, 0.2) is 23.3 Å². The number of halogens is 5. The second-order valence-corrected chi connectivity index (χ2v) is 4.62. The van der Waals surface area contributed by atoms with Gasteiger partial charge in [0.15, 0.2) is 5.71 Å². The smallest absolute Gasteiger partial charge is 0.431 e. The summed E-state index contributed by atoms with van der Waals surface area (Å²) in [5.41, 5.74) is 0.982. The predicted molar refractivity (Wildman–Crippen MR) is 74.8 cm³/mol. The SMILES string of the molecule is CCOC(=O)C/C(=N\Nc1ccc(Cl)cc1Cl)C(F)(F)F. The van der Waals surface area contributed by atoms with Crippen LogP contribution in [-0.2, 0) is 9.53 Å². The molecule has 0 radical (unpaired) electrons. The first-order valence-corrected chi connectivity index (χ1v) is 6.50. The number of carbonyl (C=O) groups excluding carboxylic acids is 1. The molecule has 0 atom stereocenters. The molecule has 1 N–H and O–H groups in total. The summed E-state index contributed by atoms with van der Waals surface area (Å²) in [4.78, 5) is 11.1. The minimum Gasteiger partial charge on any atom is -0.466 e. The zero-order chi connectivity index (χ0) is 16.0. The Morgan fingerprint density at radius 1 is 1.38 bits per heavy atom. The van der Waals surface area contributed by atoms with Crippen LogP contribution in [0.1, 0.15) is 13.3 Å². The molecular weight excluding hydrogens is 332 g/mol. The van der Waals surface area contributed by atoms with Gasteiger partial charge in [0.2, 0.25) is 0 Å². The van der Waals surface area contributed by atoms with Crippen LogP contribution in [0.25, 0.3) is 0 Å². The van der Waals surface area contributed by atoms with E-state index in [1.807, 2.05) is 0 Å². The molecule has 0 aliphatic rings. The number of hydrogen-bond donors (Lipinski definition) is 1. The second kappa shape index (κ2) is 7.51. The summed E-state index contributed by atoms with van der Waals surface area (Å²) in [7, 11) is 0. The zero-order valence-corrected chi connectivity index (χ0v) is 12.3. The molecular formula is C12H11Cl2F3N2O2. The Morgan fingerprint density at radius 2 is 2.05 bits per heavy atom. The first-order valence-electron chi connectivity index (χ1n) is 5.74. The molecule has 0 spiro atoms. The van der Waals surface area contributed by atoms with Crippen molar-refractivity contribution in [2.24, 2.45) is 5.10 Å². The summed E-state index contributed by atoms with van der Waals surface area (Å²) < 4.78 is 42.7. The summed E-state index contributed by atoms with van der Waals surface area (Å²) >= 11 is 11.5. The Kier molecular flexibility index (Phi) is 6.29. The van der Waals surface area contributed by atoms with Gasteiger partial charge in [0.05, 0.1) is 23.7 Å². The maximum Gasteiger partial charge on any atom is 0.431 e. The molecule has 21 heavy (non-hydrogen) atoms. The molecule has 0 fully saturated rings. The van der Waals surface area contributed by atoms with Crippen molar-refractivity contribution in [3.63, 3.8) is 0 Å². The van der Waals surface area contributed by atoms with Gasteiger partial charge in [0.25, 0.3) is 0 Å². The van der Waals surface area contributed by atoms with Gasteiger partial charge in [-0.15, -0.1) is 0 Å². The molecule has 9 heteroatoms. The van der Waals surface area contributed by atoms with Gasteiger partial charge in [-0.05, 0) is 25.1 Å². The average molecular weight is 343 g/mol. The maximum absolute atomic E-state index is 12.8. The Bertz CT molecular complexity index is 548. The number of nitrogens with one attached hydrogen (secondary N) is 1. The molecule has 0 amide bonds. The highest BCUT2D eigenvalue weighted by molar-refractivity contribution is 6.36. The number of ether oxygens (including phenoxy) is 1. The van der Waals surface area contributed by atoms with Gasteiger partial charge < -0.3 is 4.74 Å². The highest BCUT2D eigenvalue weighted by Gasteiger charge is 2.37. The molecule has 4 nitrogen and oxygen atoms in total. The Labute approximate surface area is 128 Å². The molecule has 0 aromatic heterocycles. The minimum atomic E-state index is -4.77. The number of benzene rings is 1. The van der Waals surface area contributed by atoms with Crippen LogP contribution in [0.2, 0.25) is 10.0 Å². The molecule has 0 saturated heterocycles. The number of hydrogen-bond acceptors (Lipinski definition) is 4. The fourth-order valence-electron chi connectivity index (χ4n) is 1.26. The van der Waals surface area contributed by atoms with E-state index in [1.54, 1.807) is 0 Å². The normalized spacial score (nSPS) is 12.2. The van der Waals surface area contributed by atoms with Crippen molar-refractivity contribution in [2.45, 2.75) is 19.5 Å². The van der Waals surface area contributed by atoms with Crippen LogP contribution in [0, 0.1) is 0 Å². The number of anilines is 1. The van der Waals surface area contributed by atoms with E-state index < -0.39 is 24.3 Å². The van der Waals surface area contributed by atoms with Crippen LogP contribution in [0.5, 0.6) is 0 Å².